The fourth-order valence-corrected chi connectivity index (χ4v) is 3.05. The number of ether oxygens (including phenoxy) is 3. The minimum Gasteiger partial charge on any atom is -0.493 e. The molecule has 4 rings (SSSR count). The second kappa shape index (κ2) is 7.15. The van der Waals surface area contributed by atoms with Crippen LogP contribution in [0, 0.1) is 0 Å². The number of fused-ring (bicyclic) bond motifs is 1. The van der Waals surface area contributed by atoms with E-state index in [-0.39, 0.29) is 11.7 Å². The molecule has 1 aliphatic rings. The highest BCUT2D eigenvalue weighted by Crippen LogP contribution is 2.41. The second-order valence-electron chi connectivity index (χ2n) is 6.01. The van der Waals surface area contributed by atoms with Crippen LogP contribution in [-0.4, -0.2) is 43.5 Å². The van der Waals surface area contributed by atoms with Gasteiger partial charge in [0.1, 0.15) is 5.92 Å². The molecule has 3 aromatic rings. The van der Waals surface area contributed by atoms with Crippen LogP contribution in [0.5, 0.6) is 17.2 Å². The predicted octanol–water partition coefficient (Wildman–Crippen LogP) is 3.44. The van der Waals surface area contributed by atoms with E-state index in [4.69, 9.17) is 18.7 Å². The zero-order valence-electron chi connectivity index (χ0n) is 15.5. The first-order chi connectivity index (χ1) is 13.7. The molecule has 2 aromatic carbocycles. The molecule has 1 aliphatic heterocycles. The Morgan fingerprint density at radius 1 is 1.00 bits per heavy atom. The van der Waals surface area contributed by atoms with Crippen LogP contribution in [0.3, 0.4) is 0 Å². The van der Waals surface area contributed by atoms with Crippen molar-refractivity contribution < 1.29 is 23.5 Å². The second-order valence-corrected chi connectivity index (χ2v) is 6.01. The SMILES string of the molecule is COc1cc(-c2noc(C3C=Nc4ccccc4C3=O)n2)cc(OC)c1OC. The standard InChI is InChI=1S/C20H17N3O5/c1-25-15-8-11(9-16(26-2)18(15)27-3)19-22-20(28-23-19)13-10-21-14-7-5-4-6-12(14)17(13)24/h4-10,13H,1-3H3. The van der Waals surface area contributed by atoms with Crippen LogP contribution in [0.4, 0.5) is 5.69 Å². The van der Waals surface area contributed by atoms with E-state index in [1.807, 2.05) is 6.07 Å². The van der Waals surface area contributed by atoms with Crippen LogP contribution in [0.2, 0.25) is 0 Å². The molecule has 0 radical (unpaired) electrons. The van der Waals surface area contributed by atoms with Crippen molar-refractivity contribution in [1.29, 1.82) is 0 Å². The van der Waals surface area contributed by atoms with Gasteiger partial charge in [0.15, 0.2) is 17.3 Å². The lowest BCUT2D eigenvalue weighted by Crippen LogP contribution is -2.18. The maximum absolute atomic E-state index is 12.8. The van der Waals surface area contributed by atoms with Gasteiger partial charge < -0.3 is 18.7 Å². The Hall–Kier alpha value is -3.68. The van der Waals surface area contributed by atoms with E-state index in [0.29, 0.717) is 39.9 Å². The molecule has 0 fully saturated rings. The van der Waals surface area contributed by atoms with Gasteiger partial charge in [-0.1, -0.05) is 17.3 Å². The van der Waals surface area contributed by atoms with Gasteiger partial charge in [-0.05, 0) is 24.3 Å². The molecule has 8 heteroatoms. The third kappa shape index (κ3) is 2.88. The van der Waals surface area contributed by atoms with Crippen molar-refractivity contribution in [3.05, 3.63) is 47.9 Å². The predicted molar refractivity (Wildman–Crippen MR) is 101 cm³/mol. The highest BCUT2D eigenvalue weighted by molar-refractivity contribution is 6.15. The van der Waals surface area contributed by atoms with E-state index in [9.17, 15) is 4.79 Å². The van der Waals surface area contributed by atoms with Crippen molar-refractivity contribution >= 4 is 17.7 Å². The van der Waals surface area contributed by atoms with Crippen LogP contribution in [-0.2, 0) is 0 Å². The summed E-state index contributed by atoms with van der Waals surface area (Å²) in [5.74, 6) is 1.01. The Kier molecular flexibility index (Phi) is 4.52. The summed E-state index contributed by atoms with van der Waals surface area (Å²) in [6, 6.07) is 10.6. The Balaban J connectivity index is 1.70. The van der Waals surface area contributed by atoms with E-state index in [1.165, 1.54) is 27.5 Å². The van der Waals surface area contributed by atoms with Crippen molar-refractivity contribution in [3.8, 4) is 28.6 Å². The molecule has 1 atom stereocenters. The number of para-hydroxylation sites is 1. The molecule has 1 unspecified atom stereocenters. The lowest BCUT2D eigenvalue weighted by molar-refractivity contribution is 0.0971. The van der Waals surface area contributed by atoms with Gasteiger partial charge >= 0.3 is 0 Å². The van der Waals surface area contributed by atoms with E-state index < -0.39 is 5.92 Å². The number of methoxy groups -OCH3 is 3. The van der Waals surface area contributed by atoms with Gasteiger partial charge in [0.2, 0.25) is 17.5 Å². The minimum absolute atomic E-state index is 0.134. The molecule has 0 N–H and O–H groups in total. The van der Waals surface area contributed by atoms with Crippen molar-refractivity contribution in [2.75, 3.05) is 21.3 Å². The van der Waals surface area contributed by atoms with Crippen LogP contribution in [0.25, 0.3) is 11.4 Å². The Labute approximate surface area is 160 Å². The summed E-state index contributed by atoms with van der Waals surface area (Å²) >= 11 is 0. The lowest BCUT2D eigenvalue weighted by atomic mass is 9.94. The van der Waals surface area contributed by atoms with Gasteiger partial charge in [0.25, 0.3) is 0 Å². The molecule has 8 nitrogen and oxygen atoms in total. The number of aliphatic imine (C=N–C) groups is 1. The number of carbonyl (C=O) groups is 1. The number of rotatable bonds is 5. The number of Topliss-reactive ketones (excluding diaryl/α,β-unsaturated/α-hetero) is 1. The number of ketones is 1. The van der Waals surface area contributed by atoms with E-state index in [1.54, 1.807) is 30.3 Å². The molecular formula is C20H17N3O5. The van der Waals surface area contributed by atoms with Crippen molar-refractivity contribution in [1.82, 2.24) is 10.1 Å². The Morgan fingerprint density at radius 3 is 2.39 bits per heavy atom. The average Bonchev–Trinajstić information content (AvgIpc) is 3.23. The summed E-state index contributed by atoms with van der Waals surface area (Å²) in [4.78, 5) is 21.5. The molecule has 0 bridgehead atoms. The maximum Gasteiger partial charge on any atom is 0.243 e. The smallest absolute Gasteiger partial charge is 0.243 e. The van der Waals surface area contributed by atoms with Crippen molar-refractivity contribution in [2.24, 2.45) is 4.99 Å². The first-order valence-corrected chi connectivity index (χ1v) is 8.47. The highest BCUT2D eigenvalue weighted by atomic mass is 16.5. The van der Waals surface area contributed by atoms with Gasteiger partial charge in [-0.25, -0.2) is 0 Å². The fourth-order valence-electron chi connectivity index (χ4n) is 3.05. The minimum atomic E-state index is -0.724. The molecule has 0 aliphatic carbocycles. The molecule has 0 saturated carbocycles. The lowest BCUT2D eigenvalue weighted by Gasteiger charge is -2.14. The van der Waals surface area contributed by atoms with E-state index in [0.717, 1.165) is 0 Å². The quantitative estimate of drug-likeness (QED) is 0.670. The molecule has 28 heavy (non-hydrogen) atoms. The number of hydrogen-bond acceptors (Lipinski definition) is 8. The maximum atomic E-state index is 12.8. The van der Waals surface area contributed by atoms with Gasteiger partial charge in [0.05, 0.1) is 27.0 Å². The normalized spacial score (nSPS) is 15.2. The van der Waals surface area contributed by atoms with Gasteiger partial charge in [0, 0.05) is 17.3 Å². The number of aromatic nitrogens is 2. The van der Waals surface area contributed by atoms with Crippen LogP contribution in [0.1, 0.15) is 22.2 Å². The monoisotopic (exact) mass is 379 g/mol. The third-order valence-corrected chi connectivity index (χ3v) is 4.45. The third-order valence-electron chi connectivity index (χ3n) is 4.45. The number of hydrogen-bond donors (Lipinski definition) is 0. The zero-order valence-corrected chi connectivity index (χ0v) is 15.5. The van der Waals surface area contributed by atoms with E-state index in [2.05, 4.69) is 15.1 Å². The van der Waals surface area contributed by atoms with Crippen LogP contribution in [0.15, 0.2) is 45.9 Å². The molecule has 0 saturated heterocycles. The molecular weight excluding hydrogens is 362 g/mol. The average molecular weight is 379 g/mol. The molecule has 142 valence electrons. The fraction of sp³-hybridized carbons (Fsp3) is 0.200. The van der Waals surface area contributed by atoms with Crippen molar-refractivity contribution in [3.63, 3.8) is 0 Å². The topological polar surface area (TPSA) is 96.0 Å². The Bertz CT molecular complexity index is 1050. The van der Waals surface area contributed by atoms with Crippen LogP contribution >= 0.6 is 0 Å². The summed E-state index contributed by atoms with van der Waals surface area (Å²) in [6.07, 6.45) is 1.52. The molecule has 2 heterocycles. The van der Waals surface area contributed by atoms with Gasteiger partial charge in [-0.2, -0.15) is 4.98 Å². The highest BCUT2D eigenvalue weighted by Gasteiger charge is 2.31. The molecule has 0 amide bonds. The van der Waals surface area contributed by atoms with Crippen molar-refractivity contribution in [2.45, 2.75) is 5.92 Å². The number of benzene rings is 2. The number of carbonyl (C=O) groups excluding carboxylic acids is 1. The summed E-state index contributed by atoms with van der Waals surface area (Å²) in [7, 11) is 4.58. The molecule has 0 spiro atoms. The first kappa shape index (κ1) is 17.7. The summed E-state index contributed by atoms with van der Waals surface area (Å²) < 4.78 is 21.4. The number of nitrogens with zero attached hydrogens (tertiary/aromatic N) is 3. The zero-order chi connectivity index (χ0) is 19.7. The van der Waals surface area contributed by atoms with Crippen LogP contribution < -0.4 is 14.2 Å². The summed E-state index contributed by atoms with van der Waals surface area (Å²) in [5.41, 5.74) is 1.76. The summed E-state index contributed by atoms with van der Waals surface area (Å²) in [6.45, 7) is 0. The van der Waals surface area contributed by atoms with Gasteiger partial charge in [-0.3, -0.25) is 9.79 Å². The molecule has 1 aromatic heterocycles. The summed E-state index contributed by atoms with van der Waals surface area (Å²) in [5, 5.41) is 4.01. The van der Waals surface area contributed by atoms with Gasteiger partial charge in [-0.15, -0.1) is 0 Å². The largest absolute Gasteiger partial charge is 0.493 e. The first-order valence-electron chi connectivity index (χ1n) is 8.47. The Morgan fingerprint density at radius 2 is 1.71 bits per heavy atom. The van der Waals surface area contributed by atoms with E-state index >= 15 is 0 Å².